The van der Waals surface area contributed by atoms with Crippen molar-refractivity contribution < 1.29 is 0 Å². The average Bonchev–Trinajstić information content (AvgIpc) is 2.87. The molecule has 5 rings (SSSR count). The first-order valence-corrected chi connectivity index (χ1v) is 12.2. The van der Waals surface area contributed by atoms with Crippen molar-refractivity contribution in [2.45, 2.75) is 19.6 Å². The van der Waals surface area contributed by atoms with Gasteiger partial charge in [0, 0.05) is 19.6 Å². The van der Waals surface area contributed by atoms with Crippen molar-refractivity contribution in [3.63, 3.8) is 0 Å². The Labute approximate surface area is 198 Å². The van der Waals surface area contributed by atoms with Crippen molar-refractivity contribution in [1.29, 1.82) is 0 Å². The predicted octanol–water partition coefficient (Wildman–Crippen LogP) is 9.32. The van der Waals surface area contributed by atoms with E-state index in [1.807, 2.05) is 0 Å². The van der Waals surface area contributed by atoms with Gasteiger partial charge < -0.3 is 0 Å². The minimum Gasteiger partial charge on any atom is -0.0901 e. The van der Waals surface area contributed by atoms with Crippen LogP contribution in [0.3, 0.4) is 0 Å². The molecule has 154 valence electrons. The van der Waals surface area contributed by atoms with E-state index in [0.717, 1.165) is 0 Å². The molecule has 0 N–H and O–H groups in total. The van der Waals surface area contributed by atoms with E-state index >= 15 is 0 Å². The van der Waals surface area contributed by atoms with Crippen molar-refractivity contribution in [1.82, 2.24) is 0 Å². The van der Waals surface area contributed by atoms with Crippen LogP contribution < -0.4 is 0 Å². The average molecular weight is 447 g/mol. The second kappa shape index (κ2) is 9.95. The maximum absolute atomic E-state index is 2.26. The Hall–Kier alpha value is -3.20. The van der Waals surface area contributed by atoms with Gasteiger partial charge >= 0.3 is 0 Å². The van der Waals surface area contributed by atoms with E-state index < -0.39 is 0 Å². The Bertz CT molecular complexity index is 1280. The van der Waals surface area contributed by atoms with E-state index in [1.54, 1.807) is 23.5 Å². The van der Waals surface area contributed by atoms with Crippen molar-refractivity contribution in [3.8, 4) is 22.3 Å². The van der Waals surface area contributed by atoms with Gasteiger partial charge in [-0.3, -0.25) is 0 Å². The van der Waals surface area contributed by atoms with Crippen LogP contribution in [0.2, 0.25) is 0 Å². The first-order valence-electron chi connectivity index (χ1n) is 10.6. The third kappa shape index (κ3) is 5.16. The van der Waals surface area contributed by atoms with Crippen LogP contribution in [0.1, 0.15) is 0 Å². The van der Waals surface area contributed by atoms with E-state index in [2.05, 4.69) is 133 Å². The van der Waals surface area contributed by atoms with Gasteiger partial charge in [-0.1, -0.05) is 108 Å². The van der Waals surface area contributed by atoms with Gasteiger partial charge in [0.1, 0.15) is 0 Å². The third-order valence-electron chi connectivity index (χ3n) is 5.20. The molecule has 5 aromatic rings. The zero-order valence-electron chi connectivity index (χ0n) is 17.5. The number of rotatable bonds is 6. The molecule has 0 aliphatic rings. The quantitative estimate of drug-likeness (QED) is 0.255. The van der Waals surface area contributed by atoms with Gasteiger partial charge in [0.15, 0.2) is 0 Å². The normalized spacial score (nSPS) is 10.8. The van der Waals surface area contributed by atoms with Crippen LogP contribution in [0.15, 0.2) is 153 Å². The molecule has 0 saturated heterocycles. The molecular formula is C30H22S2. The number of benzene rings is 5. The molecule has 0 radical (unpaired) electrons. The van der Waals surface area contributed by atoms with E-state index in [-0.39, 0.29) is 0 Å². The van der Waals surface area contributed by atoms with Crippen LogP contribution in [0.4, 0.5) is 0 Å². The van der Waals surface area contributed by atoms with Gasteiger partial charge in [-0.15, -0.1) is 0 Å². The second-order valence-corrected chi connectivity index (χ2v) is 9.75. The van der Waals surface area contributed by atoms with E-state index in [4.69, 9.17) is 0 Å². The van der Waals surface area contributed by atoms with E-state index in [9.17, 15) is 0 Å². The third-order valence-corrected chi connectivity index (χ3v) is 7.21. The van der Waals surface area contributed by atoms with Crippen LogP contribution in [0.25, 0.3) is 22.3 Å². The molecule has 0 fully saturated rings. The lowest BCUT2D eigenvalue weighted by atomic mass is 10.1. The molecule has 0 heterocycles. The van der Waals surface area contributed by atoms with Gasteiger partial charge in [0.05, 0.1) is 0 Å². The lowest BCUT2D eigenvalue weighted by Crippen LogP contribution is -1.80. The van der Waals surface area contributed by atoms with E-state index in [1.165, 1.54) is 41.8 Å². The van der Waals surface area contributed by atoms with Gasteiger partial charge in [0.25, 0.3) is 0 Å². The molecule has 0 amide bonds. The fourth-order valence-electron chi connectivity index (χ4n) is 3.56. The highest BCUT2D eigenvalue weighted by molar-refractivity contribution is 7.99. The maximum atomic E-state index is 2.26. The summed E-state index contributed by atoms with van der Waals surface area (Å²) in [7, 11) is 0. The zero-order valence-corrected chi connectivity index (χ0v) is 19.2. The first-order chi connectivity index (χ1) is 15.8. The summed E-state index contributed by atoms with van der Waals surface area (Å²) in [5, 5.41) is 0. The molecule has 0 aromatic heterocycles. The lowest BCUT2D eigenvalue weighted by molar-refractivity contribution is 1.33. The summed E-state index contributed by atoms with van der Waals surface area (Å²) >= 11 is 3.60. The molecule has 0 aliphatic carbocycles. The second-order valence-electron chi connectivity index (χ2n) is 7.46. The molecule has 32 heavy (non-hydrogen) atoms. The largest absolute Gasteiger partial charge is 0.0901 e. The number of hydrogen-bond acceptors (Lipinski definition) is 2. The van der Waals surface area contributed by atoms with Crippen molar-refractivity contribution >= 4 is 23.5 Å². The van der Waals surface area contributed by atoms with Gasteiger partial charge in [0.2, 0.25) is 0 Å². The van der Waals surface area contributed by atoms with Gasteiger partial charge in [-0.2, -0.15) is 0 Å². The van der Waals surface area contributed by atoms with Crippen LogP contribution in [-0.2, 0) is 0 Å². The Morgan fingerprint density at radius 2 is 0.688 bits per heavy atom. The Kier molecular flexibility index (Phi) is 6.43. The topological polar surface area (TPSA) is 0 Å². The van der Waals surface area contributed by atoms with Crippen molar-refractivity contribution in [2.75, 3.05) is 0 Å². The van der Waals surface area contributed by atoms with Crippen LogP contribution in [0, 0.1) is 0 Å². The molecular weight excluding hydrogens is 424 g/mol. The maximum Gasteiger partial charge on any atom is 0.0128 e. The van der Waals surface area contributed by atoms with Crippen LogP contribution >= 0.6 is 23.5 Å². The fraction of sp³-hybridized carbons (Fsp3) is 0. The molecule has 0 unspecified atom stereocenters. The summed E-state index contributed by atoms with van der Waals surface area (Å²) in [6.07, 6.45) is 0. The smallest absolute Gasteiger partial charge is 0.0128 e. The van der Waals surface area contributed by atoms with Crippen LogP contribution in [0.5, 0.6) is 0 Å². The first kappa shape index (κ1) is 20.7. The summed E-state index contributed by atoms with van der Waals surface area (Å²) in [6, 6.07) is 47.4. The highest BCUT2D eigenvalue weighted by Gasteiger charge is 2.03. The highest BCUT2D eigenvalue weighted by atomic mass is 32.2. The monoisotopic (exact) mass is 446 g/mol. The Morgan fingerprint density at radius 1 is 0.281 bits per heavy atom. The molecule has 0 aliphatic heterocycles. The molecule has 2 heteroatoms. The minimum atomic E-state index is 1.25. The highest BCUT2D eigenvalue weighted by Crippen LogP contribution is 2.34. The molecule has 0 atom stereocenters. The SMILES string of the molecule is c1ccc(-c2ccc(Sc3ccc(Sc4cccc(-c5ccccc5)c4)cc3)cc2)cc1. The molecule has 0 nitrogen and oxygen atoms in total. The standard InChI is InChI=1S/C30H22S2/c1-3-8-23(9-4-1)25-14-16-27(17-15-25)31-28-18-20-29(21-19-28)32-30-13-7-12-26(22-30)24-10-5-2-6-11-24/h1-22H. The molecule has 0 saturated carbocycles. The predicted molar refractivity (Wildman–Crippen MR) is 138 cm³/mol. The van der Waals surface area contributed by atoms with Crippen molar-refractivity contribution in [2.24, 2.45) is 0 Å². The minimum absolute atomic E-state index is 1.25. The van der Waals surface area contributed by atoms with E-state index in [0.29, 0.717) is 0 Å². The summed E-state index contributed by atoms with van der Waals surface area (Å²) < 4.78 is 0. The summed E-state index contributed by atoms with van der Waals surface area (Å²) in [6.45, 7) is 0. The summed E-state index contributed by atoms with van der Waals surface area (Å²) in [4.78, 5) is 5.00. The lowest BCUT2D eigenvalue weighted by Gasteiger charge is -2.07. The van der Waals surface area contributed by atoms with Crippen LogP contribution in [-0.4, -0.2) is 0 Å². The van der Waals surface area contributed by atoms with Crippen molar-refractivity contribution in [3.05, 3.63) is 133 Å². The summed E-state index contributed by atoms with van der Waals surface area (Å²) in [5.41, 5.74) is 5.00. The molecule has 0 bridgehead atoms. The molecule has 5 aromatic carbocycles. The Morgan fingerprint density at radius 3 is 1.25 bits per heavy atom. The Balaban J connectivity index is 1.25. The molecule has 0 spiro atoms. The number of hydrogen-bond donors (Lipinski definition) is 0. The van der Waals surface area contributed by atoms with Gasteiger partial charge in [-0.25, -0.2) is 0 Å². The fourth-order valence-corrected chi connectivity index (χ4v) is 5.26. The zero-order chi connectivity index (χ0) is 21.6. The van der Waals surface area contributed by atoms with Gasteiger partial charge in [-0.05, 0) is 70.8 Å². The summed E-state index contributed by atoms with van der Waals surface area (Å²) in [5.74, 6) is 0.